The van der Waals surface area contributed by atoms with E-state index in [0.29, 0.717) is 17.7 Å². The van der Waals surface area contributed by atoms with Crippen molar-refractivity contribution in [2.24, 2.45) is 0 Å². The summed E-state index contributed by atoms with van der Waals surface area (Å²) in [5, 5.41) is 5.06. The molecule has 0 spiro atoms. The first kappa shape index (κ1) is 21.4. The molecule has 0 saturated heterocycles. The SMILES string of the molecule is COc1ccc(NC(=S)N(Cc2cc3ccc(C)c(C)c3[nH]c2=O)C2CCCC2)cc1. The Morgan fingerprint density at radius 1 is 1.16 bits per heavy atom. The second kappa shape index (κ2) is 9.10. The number of aromatic amines is 1. The highest BCUT2D eigenvalue weighted by atomic mass is 32.1. The van der Waals surface area contributed by atoms with Crippen LogP contribution in [-0.4, -0.2) is 28.1 Å². The van der Waals surface area contributed by atoms with E-state index < -0.39 is 0 Å². The molecule has 1 heterocycles. The summed E-state index contributed by atoms with van der Waals surface area (Å²) in [5.74, 6) is 0.803. The number of nitrogens with one attached hydrogen (secondary N) is 2. The Bertz CT molecular complexity index is 1150. The van der Waals surface area contributed by atoms with Crippen molar-refractivity contribution in [2.75, 3.05) is 12.4 Å². The molecule has 162 valence electrons. The number of thiocarbonyl (C=S) groups is 1. The molecule has 0 radical (unpaired) electrons. The van der Waals surface area contributed by atoms with Gasteiger partial charge in [0, 0.05) is 17.3 Å². The second-order valence-electron chi connectivity index (χ2n) is 8.32. The minimum absolute atomic E-state index is 0.0450. The molecule has 0 bridgehead atoms. The second-order valence-corrected chi connectivity index (χ2v) is 8.71. The highest BCUT2D eigenvalue weighted by Crippen LogP contribution is 2.27. The fourth-order valence-corrected chi connectivity index (χ4v) is 4.65. The molecule has 0 atom stereocenters. The lowest BCUT2D eigenvalue weighted by Crippen LogP contribution is -2.42. The van der Waals surface area contributed by atoms with Gasteiger partial charge in [0.05, 0.1) is 19.2 Å². The summed E-state index contributed by atoms with van der Waals surface area (Å²) in [5.41, 5.74) is 4.81. The van der Waals surface area contributed by atoms with Crippen LogP contribution in [0, 0.1) is 13.8 Å². The van der Waals surface area contributed by atoms with E-state index in [-0.39, 0.29) is 5.56 Å². The largest absolute Gasteiger partial charge is 0.497 e. The number of pyridine rings is 1. The summed E-state index contributed by atoms with van der Waals surface area (Å²) in [7, 11) is 1.65. The van der Waals surface area contributed by atoms with Crippen molar-refractivity contribution in [3.05, 3.63) is 69.5 Å². The fraction of sp³-hybridized carbons (Fsp3) is 0.360. The summed E-state index contributed by atoms with van der Waals surface area (Å²) in [6.45, 7) is 4.60. The maximum atomic E-state index is 12.9. The van der Waals surface area contributed by atoms with Gasteiger partial charge in [0.1, 0.15) is 5.75 Å². The average Bonchev–Trinajstić information content (AvgIpc) is 3.30. The Morgan fingerprint density at radius 2 is 1.87 bits per heavy atom. The van der Waals surface area contributed by atoms with Crippen LogP contribution >= 0.6 is 12.2 Å². The van der Waals surface area contributed by atoms with E-state index in [2.05, 4.69) is 34.3 Å². The molecular weight excluding hydrogens is 406 g/mol. The number of fused-ring (bicyclic) bond motifs is 1. The van der Waals surface area contributed by atoms with E-state index in [9.17, 15) is 4.79 Å². The molecule has 5 nitrogen and oxygen atoms in total. The summed E-state index contributed by atoms with van der Waals surface area (Å²) in [6.07, 6.45) is 4.57. The molecule has 1 aromatic heterocycles. The van der Waals surface area contributed by atoms with Gasteiger partial charge in [0.15, 0.2) is 5.11 Å². The average molecular weight is 436 g/mol. The number of hydrogen-bond acceptors (Lipinski definition) is 3. The van der Waals surface area contributed by atoms with Crippen LogP contribution in [0.5, 0.6) is 5.75 Å². The smallest absolute Gasteiger partial charge is 0.253 e. The maximum absolute atomic E-state index is 12.9. The molecule has 1 aliphatic rings. The quantitative estimate of drug-likeness (QED) is 0.533. The summed E-state index contributed by atoms with van der Waals surface area (Å²) < 4.78 is 5.24. The van der Waals surface area contributed by atoms with Gasteiger partial charge in [-0.25, -0.2) is 0 Å². The van der Waals surface area contributed by atoms with Gasteiger partial charge in [-0.3, -0.25) is 4.79 Å². The number of ether oxygens (including phenoxy) is 1. The molecule has 4 rings (SSSR count). The lowest BCUT2D eigenvalue weighted by atomic mass is 10.0. The molecule has 1 fully saturated rings. The topological polar surface area (TPSA) is 57.4 Å². The van der Waals surface area contributed by atoms with Gasteiger partial charge in [-0.2, -0.15) is 0 Å². The number of H-pyrrole nitrogens is 1. The molecule has 0 aliphatic heterocycles. The van der Waals surface area contributed by atoms with Crippen molar-refractivity contribution in [3.8, 4) is 5.75 Å². The third-order valence-electron chi connectivity index (χ3n) is 6.34. The number of aryl methyl sites for hydroxylation is 2. The molecule has 1 aliphatic carbocycles. The highest BCUT2D eigenvalue weighted by molar-refractivity contribution is 7.80. The Hall–Kier alpha value is -2.86. The van der Waals surface area contributed by atoms with E-state index in [0.717, 1.165) is 46.3 Å². The van der Waals surface area contributed by atoms with Crippen molar-refractivity contribution in [3.63, 3.8) is 0 Å². The van der Waals surface area contributed by atoms with Gasteiger partial charge in [-0.1, -0.05) is 25.0 Å². The minimum Gasteiger partial charge on any atom is -0.497 e. The van der Waals surface area contributed by atoms with Crippen LogP contribution in [0.2, 0.25) is 0 Å². The van der Waals surface area contributed by atoms with Gasteiger partial charge in [-0.15, -0.1) is 0 Å². The van der Waals surface area contributed by atoms with E-state index >= 15 is 0 Å². The first-order valence-electron chi connectivity index (χ1n) is 10.8. The first-order chi connectivity index (χ1) is 15.0. The van der Waals surface area contributed by atoms with Crippen molar-refractivity contribution in [2.45, 2.75) is 52.1 Å². The highest BCUT2D eigenvalue weighted by Gasteiger charge is 2.26. The number of anilines is 1. The molecular formula is C25H29N3O2S. The van der Waals surface area contributed by atoms with Crippen LogP contribution in [0.15, 0.2) is 47.3 Å². The predicted molar refractivity (Wildman–Crippen MR) is 131 cm³/mol. The van der Waals surface area contributed by atoms with E-state index in [1.165, 1.54) is 18.4 Å². The van der Waals surface area contributed by atoms with Gasteiger partial charge in [0.25, 0.3) is 5.56 Å². The zero-order valence-corrected chi connectivity index (χ0v) is 19.1. The number of nitrogens with zero attached hydrogens (tertiary/aromatic N) is 1. The van der Waals surface area contributed by atoms with Crippen molar-refractivity contribution >= 4 is 33.9 Å². The maximum Gasteiger partial charge on any atom is 0.253 e. The van der Waals surface area contributed by atoms with Gasteiger partial charge in [-0.05, 0) is 85.8 Å². The zero-order valence-electron chi connectivity index (χ0n) is 18.3. The summed E-state index contributed by atoms with van der Waals surface area (Å²) in [6, 6.07) is 14.2. The Labute approximate surface area is 188 Å². The molecule has 3 aromatic rings. The third kappa shape index (κ3) is 4.59. The van der Waals surface area contributed by atoms with Crippen molar-refractivity contribution in [1.29, 1.82) is 0 Å². The van der Waals surface area contributed by atoms with Crippen molar-refractivity contribution < 1.29 is 4.74 Å². The van der Waals surface area contributed by atoms with E-state index in [4.69, 9.17) is 17.0 Å². The fourth-order valence-electron chi connectivity index (χ4n) is 4.32. The Morgan fingerprint density at radius 3 is 2.55 bits per heavy atom. The molecule has 2 aromatic carbocycles. The molecule has 2 N–H and O–H groups in total. The molecule has 31 heavy (non-hydrogen) atoms. The van der Waals surface area contributed by atoms with E-state index in [1.807, 2.05) is 37.3 Å². The molecule has 1 saturated carbocycles. The summed E-state index contributed by atoms with van der Waals surface area (Å²) in [4.78, 5) is 18.2. The number of rotatable bonds is 5. The number of aromatic nitrogens is 1. The lowest BCUT2D eigenvalue weighted by molar-refractivity contribution is 0.311. The number of hydrogen-bond donors (Lipinski definition) is 2. The van der Waals surface area contributed by atoms with Crippen LogP contribution < -0.4 is 15.6 Å². The summed E-state index contributed by atoms with van der Waals surface area (Å²) >= 11 is 5.80. The van der Waals surface area contributed by atoms with Gasteiger partial charge in [0.2, 0.25) is 0 Å². The number of benzene rings is 2. The zero-order chi connectivity index (χ0) is 22.0. The van der Waals surface area contributed by atoms with Crippen molar-refractivity contribution in [1.82, 2.24) is 9.88 Å². The standard InChI is InChI=1S/C25H29N3O2S/c1-16-8-9-18-14-19(24(29)27-23(18)17(16)2)15-28(21-6-4-5-7-21)25(31)26-20-10-12-22(30-3)13-11-20/h8-14,21H,4-7,15H2,1-3H3,(H,26,31)(H,27,29). The van der Waals surface area contributed by atoms with Gasteiger partial charge < -0.3 is 19.9 Å². The molecule has 6 heteroatoms. The predicted octanol–water partition coefficient (Wildman–Crippen LogP) is 5.30. The van der Waals surface area contributed by atoms with Crippen LogP contribution in [0.4, 0.5) is 5.69 Å². The van der Waals surface area contributed by atoms with Gasteiger partial charge >= 0.3 is 0 Å². The Balaban J connectivity index is 1.62. The van der Waals surface area contributed by atoms with E-state index in [1.54, 1.807) is 7.11 Å². The van der Waals surface area contributed by atoms with Crippen LogP contribution in [0.1, 0.15) is 42.4 Å². The van der Waals surface area contributed by atoms with Crippen LogP contribution in [0.3, 0.4) is 0 Å². The third-order valence-corrected chi connectivity index (χ3v) is 6.67. The molecule has 0 amide bonds. The number of methoxy groups -OCH3 is 1. The minimum atomic E-state index is -0.0450. The first-order valence-corrected chi connectivity index (χ1v) is 11.2. The molecule has 0 unspecified atom stereocenters. The lowest BCUT2D eigenvalue weighted by Gasteiger charge is -2.31. The Kier molecular flexibility index (Phi) is 6.28. The van der Waals surface area contributed by atoms with Crippen LogP contribution in [0.25, 0.3) is 10.9 Å². The monoisotopic (exact) mass is 435 g/mol. The van der Waals surface area contributed by atoms with Crippen LogP contribution in [-0.2, 0) is 6.54 Å². The normalized spacial score (nSPS) is 14.0.